The van der Waals surface area contributed by atoms with E-state index in [-0.39, 0.29) is 5.92 Å². The summed E-state index contributed by atoms with van der Waals surface area (Å²) in [4.78, 5) is 27.6. The van der Waals surface area contributed by atoms with Crippen LogP contribution in [0.2, 0.25) is 0 Å². The van der Waals surface area contributed by atoms with E-state index in [1.54, 1.807) is 6.20 Å². The van der Waals surface area contributed by atoms with Gasteiger partial charge in [-0.15, -0.1) is 0 Å². The number of nitrogens with one attached hydrogen (secondary N) is 4. The standard InChI is InChI=1S/C34H36N6O2/c1-22(9-10-23-6-3-2-4-7-23)31(40-34(41)42)33-37-21-30(39-33)27-17-13-25(14-18-27)24-11-15-26(16-12-24)29-20-36-32(38-29)28-8-5-19-35-28/h2-4,6-7,11-18,20-22,28,31,35,40H,5,8-10,19H2,1H3,(H,36,38)(H,37,39)(H,41,42)/t22-,28-,31?/m0/s1. The Bertz CT molecular complexity index is 1600. The first-order valence-corrected chi connectivity index (χ1v) is 14.6. The molecule has 5 N–H and O–H groups in total. The van der Waals surface area contributed by atoms with Gasteiger partial charge in [-0.2, -0.15) is 0 Å². The summed E-state index contributed by atoms with van der Waals surface area (Å²) in [5.41, 5.74) is 7.47. The summed E-state index contributed by atoms with van der Waals surface area (Å²) >= 11 is 0. The monoisotopic (exact) mass is 560 g/mol. The molecule has 0 aliphatic carbocycles. The van der Waals surface area contributed by atoms with E-state index in [1.165, 1.54) is 12.0 Å². The van der Waals surface area contributed by atoms with Crippen LogP contribution in [0, 0.1) is 5.92 Å². The quantitative estimate of drug-likeness (QED) is 0.124. The first kappa shape index (κ1) is 27.5. The Hall–Kier alpha value is -4.69. The number of hydrogen-bond donors (Lipinski definition) is 5. The third-order valence-corrected chi connectivity index (χ3v) is 8.18. The number of benzene rings is 3. The van der Waals surface area contributed by atoms with E-state index < -0.39 is 12.1 Å². The van der Waals surface area contributed by atoms with Crippen LogP contribution in [-0.2, 0) is 6.42 Å². The van der Waals surface area contributed by atoms with E-state index in [4.69, 9.17) is 0 Å². The first-order valence-electron chi connectivity index (χ1n) is 14.6. The first-order chi connectivity index (χ1) is 20.5. The number of hydrogen-bond acceptors (Lipinski definition) is 4. The van der Waals surface area contributed by atoms with Gasteiger partial charge in [0.15, 0.2) is 0 Å². The molecule has 1 unspecified atom stereocenters. The minimum Gasteiger partial charge on any atom is -0.465 e. The van der Waals surface area contributed by atoms with E-state index in [1.807, 2.05) is 24.4 Å². The van der Waals surface area contributed by atoms with Crippen LogP contribution >= 0.6 is 0 Å². The van der Waals surface area contributed by atoms with Gasteiger partial charge in [-0.25, -0.2) is 14.8 Å². The molecule has 3 aromatic carbocycles. The van der Waals surface area contributed by atoms with Crippen molar-refractivity contribution in [3.05, 3.63) is 108 Å². The summed E-state index contributed by atoms with van der Waals surface area (Å²) < 4.78 is 0. The van der Waals surface area contributed by atoms with Gasteiger partial charge < -0.3 is 25.7 Å². The summed E-state index contributed by atoms with van der Waals surface area (Å²) in [5, 5.41) is 15.7. The van der Waals surface area contributed by atoms with E-state index >= 15 is 0 Å². The van der Waals surface area contributed by atoms with Crippen molar-refractivity contribution in [1.82, 2.24) is 30.6 Å². The highest BCUT2D eigenvalue weighted by Crippen LogP contribution is 2.30. The topological polar surface area (TPSA) is 119 Å². The zero-order valence-electron chi connectivity index (χ0n) is 23.7. The van der Waals surface area contributed by atoms with Gasteiger partial charge in [0.2, 0.25) is 0 Å². The average Bonchev–Trinajstić information content (AvgIpc) is 3.82. The number of aromatic amines is 2. The predicted octanol–water partition coefficient (Wildman–Crippen LogP) is 7.14. The number of amides is 1. The molecule has 1 amide bonds. The van der Waals surface area contributed by atoms with Crippen LogP contribution < -0.4 is 10.6 Å². The molecule has 2 aromatic heterocycles. The molecule has 5 aromatic rings. The van der Waals surface area contributed by atoms with Crippen molar-refractivity contribution in [2.75, 3.05) is 6.54 Å². The van der Waals surface area contributed by atoms with Crippen molar-refractivity contribution in [2.45, 2.75) is 44.7 Å². The van der Waals surface area contributed by atoms with Gasteiger partial charge in [-0.1, -0.05) is 85.8 Å². The van der Waals surface area contributed by atoms with Crippen molar-refractivity contribution >= 4 is 6.09 Å². The lowest BCUT2D eigenvalue weighted by Gasteiger charge is -2.22. The fraction of sp³-hybridized carbons (Fsp3) is 0.265. The van der Waals surface area contributed by atoms with Crippen molar-refractivity contribution < 1.29 is 9.90 Å². The highest BCUT2D eigenvalue weighted by Gasteiger charge is 2.24. The lowest BCUT2D eigenvalue weighted by molar-refractivity contribution is 0.183. The Balaban J connectivity index is 1.13. The van der Waals surface area contributed by atoms with Crippen LogP contribution in [0.4, 0.5) is 4.79 Å². The van der Waals surface area contributed by atoms with Gasteiger partial charge in [-0.05, 0) is 66.0 Å². The number of carboxylic acid groups (broad SMARTS) is 1. The molecule has 0 saturated carbocycles. The molecule has 1 saturated heterocycles. The third-order valence-electron chi connectivity index (χ3n) is 8.18. The third kappa shape index (κ3) is 6.29. The summed E-state index contributed by atoms with van der Waals surface area (Å²) in [7, 11) is 0. The number of nitrogens with zero attached hydrogens (tertiary/aromatic N) is 2. The molecular weight excluding hydrogens is 524 g/mol. The van der Waals surface area contributed by atoms with E-state index in [0.29, 0.717) is 11.9 Å². The summed E-state index contributed by atoms with van der Waals surface area (Å²) in [6, 6.07) is 27.0. The molecule has 42 heavy (non-hydrogen) atoms. The Morgan fingerprint density at radius 3 is 2.12 bits per heavy atom. The minimum absolute atomic E-state index is 0.0541. The zero-order valence-corrected chi connectivity index (χ0v) is 23.7. The predicted molar refractivity (Wildman–Crippen MR) is 165 cm³/mol. The number of aryl methyl sites for hydroxylation is 1. The molecule has 0 bridgehead atoms. The second-order valence-electron chi connectivity index (χ2n) is 11.1. The molecule has 8 heteroatoms. The van der Waals surface area contributed by atoms with E-state index in [9.17, 15) is 9.90 Å². The van der Waals surface area contributed by atoms with E-state index in [2.05, 4.69) is 98.2 Å². The fourth-order valence-corrected chi connectivity index (χ4v) is 5.72. The summed E-state index contributed by atoms with van der Waals surface area (Å²) in [6.07, 6.45) is 6.65. The average molecular weight is 561 g/mol. The number of carbonyl (C=O) groups is 1. The maximum Gasteiger partial charge on any atom is 0.405 e. The molecule has 0 spiro atoms. The Morgan fingerprint density at radius 1 is 0.881 bits per heavy atom. The lowest BCUT2D eigenvalue weighted by Crippen LogP contribution is -2.32. The smallest absolute Gasteiger partial charge is 0.405 e. The van der Waals surface area contributed by atoms with Crippen LogP contribution in [0.3, 0.4) is 0 Å². The molecule has 3 heterocycles. The Labute approximate surface area is 245 Å². The zero-order chi connectivity index (χ0) is 28.9. The lowest BCUT2D eigenvalue weighted by atomic mass is 9.93. The van der Waals surface area contributed by atoms with Gasteiger partial charge in [0.05, 0.1) is 35.9 Å². The molecule has 8 nitrogen and oxygen atoms in total. The van der Waals surface area contributed by atoms with Gasteiger partial charge in [-0.3, -0.25) is 0 Å². The second kappa shape index (κ2) is 12.4. The molecule has 1 fully saturated rings. The fourth-order valence-electron chi connectivity index (χ4n) is 5.72. The number of aromatic nitrogens is 4. The maximum atomic E-state index is 11.6. The minimum atomic E-state index is -1.06. The summed E-state index contributed by atoms with van der Waals surface area (Å²) in [6.45, 7) is 3.11. The molecule has 6 rings (SSSR count). The van der Waals surface area contributed by atoms with Gasteiger partial charge >= 0.3 is 6.09 Å². The Kier molecular flexibility index (Phi) is 8.14. The maximum absolute atomic E-state index is 11.6. The molecule has 1 aliphatic heterocycles. The molecule has 214 valence electrons. The highest BCUT2D eigenvalue weighted by molar-refractivity contribution is 5.71. The molecule has 0 radical (unpaired) electrons. The number of imidazole rings is 2. The van der Waals surface area contributed by atoms with Crippen molar-refractivity contribution in [1.29, 1.82) is 0 Å². The molecule has 1 aliphatic rings. The van der Waals surface area contributed by atoms with Crippen LogP contribution in [-0.4, -0.2) is 37.7 Å². The second-order valence-corrected chi connectivity index (χ2v) is 11.1. The Morgan fingerprint density at radius 2 is 1.50 bits per heavy atom. The van der Waals surface area contributed by atoms with Gasteiger partial charge in [0.1, 0.15) is 11.6 Å². The van der Waals surface area contributed by atoms with Crippen LogP contribution in [0.25, 0.3) is 33.6 Å². The van der Waals surface area contributed by atoms with Gasteiger partial charge in [0.25, 0.3) is 0 Å². The van der Waals surface area contributed by atoms with Crippen LogP contribution in [0.5, 0.6) is 0 Å². The van der Waals surface area contributed by atoms with Crippen LogP contribution in [0.1, 0.15) is 55.5 Å². The largest absolute Gasteiger partial charge is 0.465 e. The van der Waals surface area contributed by atoms with Crippen molar-refractivity contribution in [2.24, 2.45) is 5.92 Å². The van der Waals surface area contributed by atoms with Gasteiger partial charge in [0, 0.05) is 0 Å². The van der Waals surface area contributed by atoms with Crippen molar-refractivity contribution in [3.63, 3.8) is 0 Å². The van der Waals surface area contributed by atoms with Crippen molar-refractivity contribution in [3.8, 4) is 33.6 Å². The number of H-pyrrole nitrogens is 2. The summed E-state index contributed by atoms with van der Waals surface area (Å²) in [5.74, 6) is 1.69. The highest BCUT2D eigenvalue weighted by atomic mass is 16.4. The van der Waals surface area contributed by atoms with Crippen LogP contribution in [0.15, 0.2) is 91.3 Å². The molecular formula is C34H36N6O2. The molecule has 3 atom stereocenters. The van der Waals surface area contributed by atoms with E-state index in [0.717, 1.165) is 65.3 Å². The normalized spacial score (nSPS) is 16.3. The SMILES string of the molecule is C[C@@H](CCc1ccccc1)C(NC(=O)O)c1ncc(-c2ccc(-c3ccc(-c4cnc([C@@H]5CCCN5)[nH]4)cc3)cc2)[nH]1. The number of rotatable bonds is 10.